The average Bonchev–Trinajstić information content (AvgIpc) is 3.36. The molecule has 1 N–H and O–H groups in total. The van der Waals surface area contributed by atoms with E-state index in [4.69, 9.17) is 4.74 Å². The number of hydrogen-bond donors (Lipinski definition) is 1. The van der Waals surface area contributed by atoms with Crippen LogP contribution >= 0.6 is 11.3 Å². The molecule has 0 bridgehead atoms. The zero-order valence-electron chi connectivity index (χ0n) is 18.5. The third kappa shape index (κ3) is 4.11. The van der Waals surface area contributed by atoms with Gasteiger partial charge in [-0.1, -0.05) is 18.2 Å². The number of nitrogens with zero attached hydrogens (tertiary/aromatic N) is 2. The minimum absolute atomic E-state index is 0.0958. The summed E-state index contributed by atoms with van der Waals surface area (Å²) in [7, 11) is 3.93. The van der Waals surface area contributed by atoms with E-state index in [0.29, 0.717) is 17.0 Å². The van der Waals surface area contributed by atoms with Crippen LogP contribution in [0.2, 0.25) is 0 Å². The number of rotatable bonds is 7. The zero-order chi connectivity index (χ0) is 22.8. The fraction of sp³-hybridized carbons (Fsp3) is 0.200. The predicted molar refractivity (Wildman–Crippen MR) is 130 cm³/mol. The standard InChI is InChI=1S/C25H25N3O3S/c1-16(2)31-20-9-6-5-8-19(20)28-24(29)22(21-10-7-15-32-21)23(25(28)30)26-17-11-13-18(14-12-17)27(3)4/h5-16,26H,1-4H3. The maximum absolute atomic E-state index is 13.6. The number of hydrogen-bond acceptors (Lipinski definition) is 6. The third-order valence-electron chi connectivity index (χ3n) is 4.97. The fourth-order valence-corrected chi connectivity index (χ4v) is 4.26. The smallest absolute Gasteiger partial charge is 0.282 e. The van der Waals surface area contributed by atoms with Gasteiger partial charge < -0.3 is 15.0 Å². The lowest BCUT2D eigenvalue weighted by atomic mass is 10.1. The molecule has 0 fully saturated rings. The van der Waals surface area contributed by atoms with Gasteiger partial charge in [-0.15, -0.1) is 11.3 Å². The molecule has 0 radical (unpaired) electrons. The molecule has 1 aliphatic rings. The molecule has 4 rings (SSSR count). The van der Waals surface area contributed by atoms with Crippen molar-refractivity contribution < 1.29 is 14.3 Å². The number of amides is 2. The van der Waals surface area contributed by atoms with Gasteiger partial charge in [0.2, 0.25) is 0 Å². The molecule has 0 saturated heterocycles. The molecule has 2 heterocycles. The van der Waals surface area contributed by atoms with E-state index in [2.05, 4.69) is 5.32 Å². The average molecular weight is 448 g/mol. The van der Waals surface area contributed by atoms with Crippen molar-refractivity contribution >= 4 is 45.8 Å². The fourth-order valence-electron chi connectivity index (χ4n) is 3.50. The van der Waals surface area contributed by atoms with Crippen LogP contribution in [0.25, 0.3) is 5.57 Å². The van der Waals surface area contributed by atoms with Gasteiger partial charge in [0.25, 0.3) is 11.8 Å². The van der Waals surface area contributed by atoms with Crippen LogP contribution in [0.3, 0.4) is 0 Å². The lowest BCUT2D eigenvalue weighted by Gasteiger charge is -2.20. The van der Waals surface area contributed by atoms with Gasteiger partial charge in [0.1, 0.15) is 11.4 Å². The number of nitrogens with one attached hydrogen (secondary N) is 1. The lowest BCUT2D eigenvalue weighted by molar-refractivity contribution is -0.120. The summed E-state index contributed by atoms with van der Waals surface area (Å²) in [4.78, 5) is 31.0. The van der Waals surface area contributed by atoms with Crippen molar-refractivity contribution in [1.29, 1.82) is 0 Å². The SMILES string of the molecule is CC(C)Oc1ccccc1N1C(=O)C(Nc2ccc(N(C)C)cc2)=C(c2cccs2)C1=O. The van der Waals surface area contributed by atoms with Crippen molar-refractivity contribution in [3.8, 4) is 5.75 Å². The highest BCUT2D eigenvalue weighted by Gasteiger charge is 2.41. The highest BCUT2D eigenvalue weighted by Crippen LogP contribution is 2.39. The summed E-state index contributed by atoms with van der Waals surface area (Å²) in [6.45, 7) is 3.81. The van der Waals surface area contributed by atoms with E-state index in [0.717, 1.165) is 16.3 Å². The Kier molecular flexibility index (Phi) is 6.01. The summed E-state index contributed by atoms with van der Waals surface area (Å²) in [5.41, 5.74) is 2.83. The number of benzene rings is 2. The molecule has 0 unspecified atom stereocenters. The Bertz CT molecular complexity index is 1170. The van der Waals surface area contributed by atoms with Crippen molar-refractivity contribution in [1.82, 2.24) is 0 Å². The molecule has 0 atom stereocenters. The van der Waals surface area contributed by atoms with E-state index < -0.39 is 5.91 Å². The number of para-hydroxylation sites is 2. The first kappa shape index (κ1) is 21.6. The van der Waals surface area contributed by atoms with Gasteiger partial charge in [0, 0.05) is 30.3 Å². The zero-order valence-corrected chi connectivity index (χ0v) is 19.3. The van der Waals surface area contributed by atoms with Gasteiger partial charge in [0.15, 0.2) is 0 Å². The number of thiophene rings is 1. The molecule has 3 aromatic rings. The highest BCUT2D eigenvalue weighted by atomic mass is 32.1. The van der Waals surface area contributed by atoms with Crippen LogP contribution in [0.1, 0.15) is 18.7 Å². The van der Waals surface area contributed by atoms with Gasteiger partial charge >= 0.3 is 0 Å². The maximum atomic E-state index is 13.6. The summed E-state index contributed by atoms with van der Waals surface area (Å²) >= 11 is 1.42. The molecular weight excluding hydrogens is 422 g/mol. The summed E-state index contributed by atoms with van der Waals surface area (Å²) in [5, 5.41) is 5.09. The van der Waals surface area contributed by atoms with Gasteiger partial charge in [-0.05, 0) is 61.7 Å². The van der Waals surface area contributed by atoms with Crippen molar-refractivity contribution in [2.75, 3.05) is 29.2 Å². The molecule has 2 amide bonds. The molecule has 2 aromatic carbocycles. The van der Waals surface area contributed by atoms with E-state index in [-0.39, 0.29) is 17.7 Å². The first-order valence-electron chi connectivity index (χ1n) is 10.3. The Labute approximate surface area is 191 Å². The number of imide groups is 1. The van der Waals surface area contributed by atoms with E-state index in [1.807, 2.05) is 80.7 Å². The summed E-state index contributed by atoms with van der Waals surface area (Å²) in [5.74, 6) is -0.286. The second kappa shape index (κ2) is 8.88. The Balaban J connectivity index is 1.75. The third-order valence-corrected chi connectivity index (χ3v) is 5.86. The quantitative estimate of drug-likeness (QED) is 0.517. The van der Waals surface area contributed by atoms with E-state index in [9.17, 15) is 9.59 Å². The largest absolute Gasteiger partial charge is 0.489 e. The van der Waals surface area contributed by atoms with E-state index in [1.54, 1.807) is 18.2 Å². The van der Waals surface area contributed by atoms with Crippen LogP contribution in [-0.4, -0.2) is 32.0 Å². The second-order valence-electron chi connectivity index (χ2n) is 7.87. The molecule has 0 spiro atoms. The Morgan fingerprint density at radius 1 is 0.938 bits per heavy atom. The first-order valence-corrected chi connectivity index (χ1v) is 11.2. The monoisotopic (exact) mass is 447 g/mol. The summed E-state index contributed by atoms with van der Waals surface area (Å²) in [6.07, 6.45) is -0.0958. The molecule has 6 nitrogen and oxygen atoms in total. The second-order valence-corrected chi connectivity index (χ2v) is 8.82. The van der Waals surface area contributed by atoms with E-state index >= 15 is 0 Å². The van der Waals surface area contributed by atoms with Crippen LogP contribution < -0.4 is 19.9 Å². The molecule has 1 aliphatic heterocycles. The van der Waals surface area contributed by atoms with Gasteiger partial charge in [-0.3, -0.25) is 9.59 Å². The van der Waals surface area contributed by atoms with Gasteiger partial charge in [-0.2, -0.15) is 0 Å². The number of ether oxygens (including phenoxy) is 1. The van der Waals surface area contributed by atoms with Crippen LogP contribution in [0.5, 0.6) is 5.75 Å². The van der Waals surface area contributed by atoms with Gasteiger partial charge in [-0.25, -0.2) is 4.90 Å². The summed E-state index contributed by atoms with van der Waals surface area (Å²) in [6, 6.07) is 18.5. The first-order chi connectivity index (χ1) is 15.4. The Hall–Kier alpha value is -3.58. The van der Waals surface area contributed by atoms with Crippen LogP contribution in [-0.2, 0) is 9.59 Å². The molecule has 1 aromatic heterocycles. The van der Waals surface area contributed by atoms with Crippen molar-refractivity contribution in [2.45, 2.75) is 20.0 Å². The molecular formula is C25H25N3O3S. The molecule has 0 aliphatic carbocycles. The Morgan fingerprint density at radius 2 is 1.66 bits per heavy atom. The summed E-state index contributed by atoms with van der Waals surface area (Å²) < 4.78 is 5.88. The minimum Gasteiger partial charge on any atom is -0.489 e. The number of carbonyl (C=O) groups excluding carboxylic acids is 2. The van der Waals surface area contributed by atoms with Crippen molar-refractivity contribution in [2.24, 2.45) is 0 Å². The molecule has 164 valence electrons. The number of carbonyl (C=O) groups is 2. The molecule has 32 heavy (non-hydrogen) atoms. The lowest BCUT2D eigenvalue weighted by Crippen LogP contribution is -2.33. The van der Waals surface area contributed by atoms with E-state index in [1.165, 1.54) is 16.2 Å². The number of anilines is 3. The minimum atomic E-state index is -0.408. The van der Waals surface area contributed by atoms with Gasteiger partial charge in [0.05, 0.1) is 17.4 Å². The molecule has 7 heteroatoms. The van der Waals surface area contributed by atoms with Crippen LogP contribution in [0.4, 0.5) is 17.1 Å². The Morgan fingerprint density at radius 3 is 2.28 bits per heavy atom. The van der Waals surface area contributed by atoms with Crippen molar-refractivity contribution in [3.05, 3.63) is 76.6 Å². The maximum Gasteiger partial charge on any atom is 0.282 e. The molecule has 0 saturated carbocycles. The topological polar surface area (TPSA) is 61.9 Å². The predicted octanol–water partition coefficient (Wildman–Crippen LogP) is 5.00. The normalized spacial score (nSPS) is 13.8. The van der Waals surface area contributed by atoms with Crippen LogP contribution in [0.15, 0.2) is 71.7 Å². The van der Waals surface area contributed by atoms with Crippen LogP contribution in [0, 0.1) is 0 Å². The highest BCUT2D eigenvalue weighted by molar-refractivity contribution is 7.11. The van der Waals surface area contributed by atoms with Crippen molar-refractivity contribution in [3.63, 3.8) is 0 Å².